The van der Waals surface area contributed by atoms with Gasteiger partial charge in [-0.3, -0.25) is 9.47 Å². The molecule has 2 heterocycles. The van der Waals surface area contributed by atoms with Gasteiger partial charge in [-0.15, -0.1) is 0 Å². The zero-order valence-electron chi connectivity index (χ0n) is 13.6. The molecule has 1 fully saturated rings. The number of hydrogen-bond donors (Lipinski definition) is 0. The molecule has 0 atom stereocenters. The lowest BCUT2D eigenvalue weighted by Crippen LogP contribution is -2.34. The average Bonchev–Trinajstić information content (AvgIpc) is 2.76. The largest absolute Gasteiger partial charge is 0.284 e. The van der Waals surface area contributed by atoms with E-state index < -0.39 is 0 Å². The number of aryl methyl sites for hydroxylation is 2. The molecule has 0 bridgehead atoms. The Morgan fingerprint density at radius 3 is 2.64 bits per heavy atom. The van der Waals surface area contributed by atoms with Gasteiger partial charge in [0.2, 0.25) is 4.77 Å². The maximum atomic E-state index is 5.67. The molecule has 0 unspecified atom stereocenters. The first-order chi connectivity index (χ1) is 10.5. The van der Waals surface area contributed by atoms with Gasteiger partial charge in [0.25, 0.3) is 0 Å². The summed E-state index contributed by atoms with van der Waals surface area (Å²) in [5.74, 6) is 1.79. The van der Waals surface area contributed by atoms with Crippen LogP contribution in [0.2, 0.25) is 0 Å². The number of piperidine rings is 1. The summed E-state index contributed by atoms with van der Waals surface area (Å²) in [7, 11) is 0. The van der Waals surface area contributed by atoms with E-state index in [0.29, 0.717) is 0 Å². The average molecular weight is 316 g/mol. The van der Waals surface area contributed by atoms with Crippen LogP contribution >= 0.6 is 12.2 Å². The fourth-order valence-corrected chi connectivity index (χ4v) is 3.40. The minimum atomic E-state index is 0.779. The molecule has 1 aromatic carbocycles. The molecular formula is C17H24N4S. The molecule has 0 amide bonds. The molecule has 0 saturated carbocycles. The zero-order chi connectivity index (χ0) is 15.7. The molecule has 2 aromatic rings. The monoisotopic (exact) mass is 316 g/mol. The SMILES string of the molecule is Cc1cccc(-n2c(C)nn(CN3CCC(C)CC3)c2=S)c1. The number of nitrogens with zero attached hydrogens (tertiary/aromatic N) is 4. The van der Waals surface area contributed by atoms with Crippen molar-refractivity contribution in [3.8, 4) is 5.69 Å². The molecule has 1 aliphatic heterocycles. The number of aromatic nitrogens is 3. The van der Waals surface area contributed by atoms with Crippen molar-refractivity contribution in [2.45, 2.75) is 40.3 Å². The zero-order valence-corrected chi connectivity index (χ0v) is 14.4. The van der Waals surface area contributed by atoms with Gasteiger partial charge in [0, 0.05) is 18.8 Å². The van der Waals surface area contributed by atoms with Crippen LogP contribution < -0.4 is 0 Å². The number of likely N-dealkylation sites (tertiary alicyclic amines) is 1. The number of benzene rings is 1. The normalized spacial score (nSPS) is 17.0. The summed E-state index contributed by atoms with van der Waals surface area (Å²) in [5, 5.41) is 4.66. The lowest BCUT2D eigenvalue weighted by Gasteiger charge is -2.29. The van der Waals surface area contributed by atoms with Crippen molar-refractivity contribution >= 4 is 12.2 Å². The van der Waals surface area contributed by atoms with Crippen molar-refractivity contribution < 1.29 is 0 Å². The Labute approximate surface area is 137 Å². The van der Waals surface area contributed by atoms with Crippen molar-refractivity contribution in [3.05, 3.63) is 40.4 Å². The Morgan fingerprint density at radius 2 is 1.95 bits per heavy atom. The maximum absolute atomic E-state index is 5.67. The third-order valence-corrected chi connectivity index (χ3v) is 4.86. The van der Waals surface area contributed by atoms with Gasteiger partial charge in [-0.2, -0.15) is 5.10 Å². The van der Waals surface area contributed by atoms with Crippen LogP contribution in [-0.4, -0.2) is 32.3 Å². The third-order valence-electron chi connectivity index (χ3n) is 4.47. The Hall–Kier alpha value is -1.46. The quantitative estimate of drug-likeness (QED) is 0.807. The van der Waals surface area contributed by atoms with Crippen LogP contribution in [-0.2, 0) is 6.67 Å². The molecule has 0 aliphatic carbocycles. The van der Waals surface area contributed by atoms with E-state index in [2.05, 4.69) is 52.7 Å². The second kappa shape index (κ2) is 6.34. The third kappa shape index (κ3) is 3.15. The smallest absolute Gasteiger partial charge is 0.203 e. The van der Waals surface area contributed by atoms with Crippen molar-refractivity contribution in [2.75, 3.05) is 13.1 Å². The van der Waals surface area contributed by atoms with Crippen LogP contribution in [0.15, 0.2) is 24.3 Å². The van der Waals surface area contributed by atoms with Crippen molar-refractivity contribution in [1.29, 1.82) is 0 Å². The van der Waals surface area contributed by atoms with Gasteiger partial charge >= 0.3 is 0 Å². The molecule has 5 heteroatoms. The second-order valence-electron chi connectivity index (χ2n) is 6.45. The molecule has 22 heavy (non-hydrogen) atoms. The van der Waals surface area contributed by atoms with Crippen LogP contribution in [0.3, 0.4) is 0 Å². The summed E-state index contributed by atoms with van der Waals surface area (Å²) >= 11 is 5.67. The Morgan fingerprint density at radius 1 is 1.23 bits per heavy atom. The van der Waals surface area contributed by atoms with Crippen molar-refractivity contribution in [1.82, 2.24) is 19.2 Å². The molecule has 118 valence electrons. The lowest BCUT2D eigenvalue weighted by molar-refractivity contribution is 0.146. The van der Waals surface area contributed by atoms with E-state index in [1.165, 1.54) is 18.4 Å². The highest BCUT2D eigenvalue weighted by atomic mass is 32.1. The van der Waals surface area contributed by atoms with Crippen LogP contribution in [0.5, 0.6) is 0 Å². The maximum Gasteiger partial charge on any atom is 0.203 e. The summed E-state index contributed by atoms with van der Waals surface area (Å²) in [6, 6.07) is 8.40. The fraction of sp³-hybridized carbons (Fsp3) is 0.529. The van der Waals surface area contributed by atoms with E-state index in [0.717, 1.165) is 42.0 Å². The van der Waals surface area contributed by atoms with Crippen LogP contribution in [0, 0.1) is 24.5 Å². The van der Waals surface area contributed by atoms with Gasteiger partial charge in [-0.05, 0) is 62.5 Å². The highest BCUT2D eigenvalue weighted by molar-refractivity contribution is 7.71. The Bertz CT molecular complexity index is 708. The standard InChI is InChI=1S/C17H24N4S/c1-13-7-9-19(10-8-13)12-20-17(22)21(15(3)18-20)16-6-4-5-14(2)11-16/h4-6,11,13H,7-10,12H2,1-3H3. The first-order valence-corrected chi connectivity index (χ1v) is 8.41. The van der Waals surface area contributed by atoms with Gasteiger partial charge < -0.3 is 0 Å². The lowest BCUT2D eigenvalue weighted by atomic mass is 10.00. The van der Waals surface area contributed by atoms with E-state index in [1.54, 1.807) is 0 Å². The topological polar surface area (TPSA) is 26.0 Å². The van der Waals surface area contributed by atoms with E-state index >= 15 is 0 Å². The minimum absolute atomic E-state index is 0.779. The summed E-state index contributed by atoms with van der Waals surface area (Å²) in [6.45, 7) is 9.53. The molecule has 3 rings (SSSR count). The molecular weight excluding hydrogens is 292 g/mol. The van der Waals surface area contributed by atoms with E-state index in [-0.39, 0.29) is 0 Å². The summed E-state index contributed by atoms with van der Waals surface area (Å²) in [4.78, 5) is 2.45. The molecule has 1 aliphatic rings. The molecule has 0 N–H and O–H groups in total. The highest BCUT2D eigenvalue weighted by Gasteiger charge is 2.17. The van der Waals surface area contributed by atoms with Crippen molar-refractivity contribution in [3.63, 3.8) is 0 Å². The summed E-state index contributed by atoms with van der Waals surface area (Å²) in [5.41, 5.74) is 2.33. The second-order valence-corrected chi connectivity index (χ2v) is 6.81. The highest BCUT2D eigenvalue weighted by Crippen LogP contribution is 2.18. The Balaban J connectivity index is 1.86. The Kier molecular flexibility index (Phi) is 4.45. The van der Waals surface area contributed by atoms with Gasteiger partial charge in [0.1, 0.15) is 5.82 Å². The first kappa shape index (κ1) is 15.4. The van der Waals surface area contributed by atoms with Gasteiger partial charge in [0.05, 0.1) is 6.67 Å². The number of rotatable bonds is 3. The van der Waals surface area contributed by atoms with Gasteiger partial charge in [-0.1, -0.05) is 19.1 Å². The predicted molar refractivity (Wildman–Crippen MR) is 91.8 cm³/mol. The van der Waals surface area contributed by atoms with E-state index in [9.17, 15) is 0 Å². The molecule has 4 nitrogen and oxygen atoms in total. The fourth-order valence-electron chi connectivity index (χ4n) is 3.07. The van der Waals surface area contributed by atoms with Crippen LogP contribution in [0.4, 0.5) is 0 Å². The number of hydrogen-bond acceptors (Lipinski definition) is 3. The predicted octanol–water partition coefficient (Wildman–Crippen LogP) is 3.71. The molecule has 0 spiro atoms. The molecule has 0 radical (unpaired) electrons. The van der Waals surface area contributed by atoms with E-state index in [1.807, 2.05) is 11.6 Å². The van der Waals surface area contributed by atoms with Gasteiger partial charge in [-0.25, -0.2) is 4.68 Å². The van der Waals surface area contributed by atoms with Crippen molar-refractivity contribution in [2.24, 2.45) is 5.92 Å². The molecule has 1 aromatic heterocycles. The minimum Gasteiger partial charge on any atom is -0.284 e. The van der Waals surface area contributed by atoms with Gasteiger partial charge in [0.15, 0.2) is 0 Å². The van der Waals surface area contributed by atoms with Crippen LogP contribution in [0.25, 0.3) is 5.69 Å². The summed E-state index contributed by atoms with van der Waals surface area (Å²) in [6.07, 6.45) is 2.54. The summed E-state index contributed by atoms with van der Waals surface area (Å²) < 4.78 is 4.81. The van der Waals surface area contributed by atoms with Crippen LogP contribution in [0.1, 0.15) is 31.2 Å². The molecule has 1 saturated heterocycles. The first-order valence-electron chi connectivity index (χ1n) is 8.00. The van der Waals surface area contributed by atoms with E-state index in [4.69, 9.17) is 12.2 Å².